The molecular formula is C15H18ClNO4. The maximum absolute atomic E-state index is 12.3. The SMILES string of the molecule is CC(Oc1cc(Cl)ccc1C(=O)O)C(=O)N1CCCCC1. The quantitative estimate of drug-likeness (QED) is 0.928. The van der Waals surface area contributed by atoms with Crippen LogP contribution in [0.2, 0.25) is 5.02 Å². The number of carbonyl (C=O) groups is 2. The van der Waals surface area contributed by atoms with Gasteiger partial charge < -0.3 is 14.7 Å². The number of hydrogen-bond donors (Lipinski definition) is 1. The van der Waals surface area contributed by atoms with Crippen molar-refractivity contribution in [2.24, 2.45) is 0 Å². The largest absolute Gasteiger partial charge is 0.480 e. The van der Waals surface area contributed by atoms with Gasteiger partial charge in [0.05, 0.1) is 0 Å². The highest BCUT2D eigenvalue weighted by molar-refractivity contribution is 6.30. The Morgan fingerprint density at radius 2 is 1.95 bits per heavy atom. The number of nitrogens with zero attached hydrogens (tertiary/aromatic N) is 1. The van der Waals surface area contributed by atoms with Gasteiger partial charge in [-0.15, -0.1) is 0 Å². The van der Waals surface area contributed by atoms with Crippen LogP contribution in [0.5, 0.6) is 5.75 Å². The number of benzene rings is 1. The van der Waals surface area contributed by atoms with Crippen LogP contribution in [-0.2, 0) is 4.79 Å². The normalized spacial score (nSPS) is 16.4. The summed E-state index contributed by atoms with van der Waals surface area (Å²) in [5, 5.41) is 9.51. The van der Waals surface area contributed by atoms with Crippen molar-refractivity contribution >= 4 is 23.5 Å². The molecule has 1 heterocycles. The number of amides is 1. The van der Waals surface area contributed by atoms with E-state index in [0.29, 0.717) is 5.02 Å². The van der Waals surface area contributed by atoms with Crippen molar-refractivity contribution in [3.05, 3.63) is 28.8 Å². The number of hydrogen-bond acceptors (Lipinski definition) is 3. The lowest BCUT2D eigenvalue weighted by molar-refractivity contribution is -0.138. The topological polar surface area (TPSA) is 66.8 Å². The van der Waals surface area contributed by atoms with Crippen molar-refractivity contribution in [3.63, 3.8) is 0 Å². The number of ether oxygens (including phenoxy) is 1. The summed E-state index contributed by atoms with van der Waals surface area (Å²) in [6.45, 7) is 3.09. The van der Waals surface area contributed by atoms with Crippen LogP contribution in [0.25, 0.3) is 0 Å². The van der Waals surface area contributed by atoms with Gasteiger partial charge in [-0.3, -0.25) is 4.79 Å². The first-order valence-corrected chi connectivity index (χ1v) is 7.35. The Morgan fingerprint density at radius 3 is 2.57 bits per heavy atom. The second-order valence-electron chi connectivity index (χ2n) is 5.09. The minimum absolute atomic E-state index is 0.00214. The molecule has 6 heteroatoms. The number of rotatable bonds is 4. The molecule has 0 aliphatic carbocycles. The zero-order chi connectivity index (χ0) is 15.4. The van der Waals surface area contributed by atoms with Crippen LogP contribution in [-0.4, -0.2) is 41.1 Å². The summed E-state index contributed by atoms with van der Waals surface area (Å²) in [6.07, 6.45) is 2.39. The van der Waals surface area contributed by atoms with Gasteiger partial charge in [-0.05, 0) is 44.4 Å². The summed E-state index contributed by atoms with van der Waals surface area (Å²) in [4.78, 5) is 25.2. The molecule has 0 spiro atoms. The lowest BCUT2D eigenvalue weighted by Gasteiger charge is -2.29. The predicted molar refractivity (Wildman–Crippen MR) is 78.9 cm³/mol. The van der Waals surface area contributed by atoms with Crippen molar-refractivity contribution in [3.8, 4) is 5.75 Å². The van der Waals surface area contributed by atoms with Gasteiger partial charge in [0.1, 0.15) is 11.3 Å². The van der Waals surface area contributed by atoms with Crippen molar-refractivity contribution in [2.75, 3.05) is 13.1 Å². The molecule has 114 valence electrons. The van der Waals surface area contributed by atoms with Crippen LogP contribution in [0.4, 0.5) is 0 Å². The molecule has 1 amide bonds. The van der Waals surface area contributed by atoms with Crippen LogP contribution >= 0.6 is 11.6 Å². The lowest BCUT2D eigenvalue weighted by atomic mass is 10.1. The fourth-order valence-electron chi connectivity index (χ4n) is 2.38. The molecule has 0 saturated carbocycles. The molecule has 1 aliphatic heterocycles. The zero-order valence-corrected chi connectivity index (χ0v) is 12.6. The third-order valence-electron chi connectivity index (χ3n) is 3.49. The van der Waals surface area contributed by atoms with Gasteiger partial charge in [0, 0.05) is 18.1 Å². The highest BCUT2D eigenvalue weighted by Crippen LogP contribution is 2.25. The molecule has 1 atom stereocenters. The van der Waals surface area contributed by atoms with Crippen molar-refractivity contribution in [1.82, 2.24) is 4.90 Å². The van der Waals surface area contributed by atoms with Crippen LogP contribution in [0.15, 0.2) is 18.2 Å². The van der Waals surface area contributed by atoms with E-state index in [9.17, 15) is 9.59 Å². The van der Waals surface area contributed by atoms with Gasteiger partial charge >= 0.3 is 5.97 Å². The zero-order valence-electron chi connectivity index (χ0n) is 11.8. The Morgan fingerprint density at radius 1 is 1.29 bits per heavy atom. The Labute approximate surface area is 128 Å². The number of halogens is 1. The Balaban J connectivity index is 2.11. The lowest BCUT2D eigenvalue weighted by Crippen LogP contribution is -2.43. The van der Waals surface area contributed by atoms with E-state index in [4.69, 9.17) is 21.4 Å². The second-order valence-corrected chi connectivity index (χ2v) is 5.53. The predicted octanol–water partition coefficient (Wildman–Crippen LogP) is 2.82. The van der Waals surface area contributed by atoms with Crippen LogP contribution in [0.1, 0.15) is 36.5 Å². The summed E-state index contributed by atoms with van der Waals surface area (Å²) in [6, 6.07) is 4.28. The third kappa shape index (κ3) is 3.88. The van der Waals surface area contributed by atoms with E-state index in [2.05, 4.69) is 0 Å². The molecule has 0 bridgehead atoms. The first-order chi connectivity index (χ1) is 9.99. The van der Waals surface area contributed by atoms with Gasteiger partial charge in [0.25, 0.3) is 5.91 Å². The molecule has 5 nitrogen and oxygen atoms in total. The Kier molecular flexibility index (Phi) is 5.07. The smallest absolute Gasteiger partial charge is 0.339 e. The summed E-state index contributed by atoms with van der Waals surface area (Å²) in [5.74, 6) is -1.11. The highest BCUT2D eigenvalue weighted by atomic mass is 35.5. The van der Waals surface area contributed by atoms with Gasteiger partial charge in [-0.1, -0.05) is 11.6 Å². The van der Waals surface area contributed by atoms with Crippen molar-refractivity contribution in [2.45, 2.75) is 32.3 Å². The van der Waals surface area contributed by atoms with E-state index in [1.54, 1.807) is 11.8 Å². The molecule has 2 rings (SSSR count). The second kappa shape index (κ2) is 6.80. The first-order valence-electron chi connectivity index (χ1n) is 6.97. The van der Waals surface area contributed by atoms with E-state index in [1.807, 2.05) is 0 Å². The van der Waals surface area contributed by atoms with E-state index >= 15 is 0 Å². The minimum atomic E-state index is -1.11. The third-order valence-corrected chi connectivity index (χ3v) is 3.73. The van der Waals surface area contributed by atoms with Crippen LogP contribution in [0.3, 0.4) is 0 Å². The van der Waals surface area contributed by atoms with Crippen molar-refractivity contribution in [1.29, 1.82) is 0 Å². The summed E-state index contributed by atoms with van der Waals surface area (Å²) in [5.41, 5.74) is -0.00214. The molecule has 0 radical (unpaired) electrons. The van der Waals surface area contributed by atoms with E-state index < -0.39 is 12.1 Å². The van der Waals surface area contributed by atoms with Gasteiger partial charge in [0.15, 0.2) is 6.10 Å². The fourth-order valence-corrected chi connectivity index (χ4v) is 2.54. The average Bonchev–Trinajstić information content (AvgIpc) is 2.47. The van der Waals surface area contributed by atoms with E-state index in [-0.39, 0.29) is 17.2 Å². The molecule has 1 aliphatic rings. The Hall–Kier alpha value is -1.75. The number of carbonyl (C=O) groups excluding carboxylic acids is 1. The summed E-state index contributed by atoms with van der Waals surface area (Å²) in [7, 11) is 0. The van der Waals surface area contributed by atoms with Gasteiger partial charge in [0.2, 0.25) is 0 Å². The molecule has 1 unspecified atom stereocenters. The first kappa shape index (κ1) is 15.6. The van der Waals surface area contributed by atoms with Gasteiger partial charge in [-0.2, -0.15) is 0 Å². The molecule has 1 aromatic rings. The maximum atomic E-state index is 12.3. The molecule has 1 fully saturated rings. The summed E-state index contributed by atoms with van der Waals surface area (Å²) < 4.78 is 5.55. The molecule has 1 aromatic carbocycles. The molecular weight excluding hydrogens is 294 g/mol. The number of piperidine rings is 1. The van der Waals surface area contributed by atoms with E-state index in [0.717, 1.165) is 32.4 Å². The summed E-state index contributed by atoms with van der Waals surface area (Å²) >= 11 is 5.86. The minimum Gasteiger partial charge on any atom is -0.480 e. The molecule has 1 N–H and O–H groups in total. The van der Waals surface area contributed by atoms with Gasteiger partial charge in [-0.25, -0.2) is 4.79 Å². The Bertz CT molecular complexity index is 540. The highest BCUT2D eigenvalue weighted by Gasteiger charge is 2.25. The van der Waals surface area contributed by atoms with Crippen LogP contribution < -0.4 is 4.74 Å². The average molecular weight is 312 g/mol. The number of aromatic carboxylic acids is 1. The molecule has 21 heavy (non-hydrogen) atoms. The van der Waals surface area contributed by atoms with Crippen LogP contribution in [0, 0.1) is 0 Å². The number of likely N-dealkylation sites (tertiary alicyclic amines) is 1. The monoisotopic (exact) mass is 311 g/mol. The standard InChI is InChI=1S/C15H18ClNO4/c1-10(14(18)17-7-3-2-4-8-17)21-13-9-11(16)5-6-12(13)15(19)20/h5-6,9-10H,2-4,7-8H2,1H3,(H,19,20). The number of carboxylic acid groups (broad SMARTS) is 1. The fraction of sp³-hybridized carbons (Fsp3) is 0.467. The molecule has 1 saturated heterocycles. The van der Waals surface area contributed by atoms with Crippen molar-refractivity contribution < 1.29 is 19.4 Å². The maximum Gasteiger partial charge on any atom is 0.339 e. The van der Waals surface area contributed by atoms with E-state index in [1.165, 1.54) is 18.2 Å². The number of carboxylic acids is 1. The molecule has 0 aromatic heterocycles.